The molecule has 0 N–H and O–H groups in total. The zero-order chi connectivity index (χ0) is 10.0. The van der Waals surface area contributed by atoms with Crippen molar-refractivity contribution in [2.45, 2.75) is 41.0 Å². The van der Waals surface area contributed by atoms with Gasteiger partial charge in [-0.3, -0.25) is 0 Å². The minimum atomic E-state index is 0.717. The monoisotopic (exact) mass is 176 g/mol. The fraction of sp³-hybridized carbons (Fsp3) is 0.538. The number of rotatable bonds is 1. The first-order valence-corrected chi connectivity index (χ1v) is 5.07. The van der Waals surface area contributed by atoms with Crippen molar-refractivity contribution < 1.29 is 0 Å². The molecule has 0 nitrogen and oxygen atoms in total. The fourth-order valence-corrected chi connectivity index (χ4v) is 1.92. The molecule has 0 saturated heterocycles. The van der Waals surface area contributed by atoms with E-state index in [0.29, 0.717) is 0 Å². The normalized spacial score (nSPS) is 27.6. The van der Waals surface area contributed by atoms with Crippen molar-refractivity contribution in [3.63, 3.8) is 0 Å². The largest absolute Gasteiger partial charge is 0.0847 e. The van der Waals surface area contributed by atoms with Crippen LogP contribution in [0.5, 0.6) is 0 Å². The van der Waals surface area contributed by atoms with E-state index in [-0.39, 0.29) is 0 Å². The Labute approximate surface area is 82.0 Å². The van der Waals surface area contributed by atoms with Crippen molar-refractivity contribution in [3.8, 4) is 0 Å². The second-order valence-electron chi connectivity index (χ2n) is 4.14. The maximum Gasteiger partial charge on any atom is -0.0150 e. The topological polar surface area (TPSA) is 0 Å². The van der Waals surface area contributed by atoms with Crippen molar-refractivity contribution in [2.24, 2.45) is 5.92 Å². The van der Waals surface area contributed by atoms with Gasteiger partial charge in [-0.25, -0.2) is 0 Å². The molecule has 0 heterocycles. The van der Waals surface area contributed by atoms with E-state index in [0.717, 1.165) is 5.92 Å². The molecule has 0 saturated carbocycles. The summed E-state index contributed by atoms with van der Waals surface area (Å²) in [5.74, 6) is 0.717. The van der Waals surface area contributed by atoms with E-state index in [1.54, 1.807) is 5.57 Å². The predicted molar refractivity (Wildman–Crippen MR) is 59.7 cm³/mol. The van der Waals surface area contributed by atoms with Crippen LogP contribution in [0.15, 0.2) is 34.4 Å². The summed E-state index contributed by atoms with van der Waals surface area (Å²) in [4.78, 5) is 0. The first-order chi connectivity index (χ1) is 6.06. The first-order valence-electron chi connectivity index (χ1n) is 5.07. The average Bonchev–Trinajstić information content (AvgIpc) is 2.32. The van der Waals surface area contributed by atoms with Gasteiger partial charge >= 0.3 is 0 Å². The maximum absolute atomic E-state index is 2.33. The second-order valence-corrected chi connectivity index (χ2v) is 4.14. The third-order valence-corrected chi connectivity index (χ3v) is 3.05. The molecule has 1 atom stereocenters. The van der Waals surface area contributed by atoms with Gasteiger partial charge in [-0.15, -0.1) is 0 Å². The lowest BCUT2D eigenvalue weighted by Crippen LogP contribution is -1.92. The van der Waals surface area contributed by atoms with Gasteiger partial charge in [-0.05, 0) is 51.2 Å². The predicted octanol–water partition coefficient (Wildman–Crippen LogP) is 4.26. The zero-order valence-corrected chi connectivity index (χ0v) is 9.44. The molecule has 1 aliphatic carbocycles. The van der Waals surface area contributed by atoms with Gasteiger partial charge in [0.1, 0.15) is 0 Å². The SMILES string of the molecule is C/C=C(C)\C=C1\C(C)=C(C)CC1C. The Morgan fingerprint density at radius 1 is 1.38 bits per heavy atom. The molecule has 0 fully saturated rings. The number of allylic oxidation sites excluding steroid dienone is 6. The van der Waals surface area contributed by atoms with Crippen LogP contribution >= 0.6 is 0 Å². The van der Waals surface area contributed by atoms with Crippen molar-refractivity contribution in [1.82, 2.24) is 0 Å². The summed E-state index contributed by atoms with van der Waals surface area (Å²) in [6.45, 7) is 11.1. The maximum atomic E-state index is 2.33. The summed E-state index contributed by atoms with van der Waals surface area (Å²) in [5, 5.41) is 0. The van der Waals surface area contributed by atoms with Crippen LogP contribution in [0, 0.1) is 5.92 Å². The molecule has 13 heavy (non-hydrogen) atoms. The van der Waals surface area contributed by atoms with Crippen LogP contribution < -0.4 is 0 Å². The van der Waals surface area contributed by atoms with Crippen LogP contribution in [0.3, 0.4) is 0 Å². The van der Waals surface area contributed by atoms with Crippen molar-refractivity contribution >= 4 is 0 Å². The molecule has 0 radical (unpaired) electrons. The summed E-state index contributed by atoms with van der Waals surface area (Å²) in [7, 11) is 0. The summed E-state index contributed by atoms with van der Waals surface area (Å²) in [6.07, 6.45) is 5.74. The summed E-state index contributed by atoms with van der Waals surface area (Å²) >= 11 is 0. The minimum Gasteiger partial charge on any atom is -0.0847 e. The van der Waals surface area contributed by atoms with E-state index < -0.39 is 0 Å². The molecule has 0 aromatic rings. The first kappa shape index (κ1) is 10.3. The van der Waals surface area contributed by atoms with Gasteiger partial charge < -0.3 is 0 Å². The van der Waals surface area contributed by atoms with Crippen molar-refractivity contribution in [1.29, 1.82) is 0 Å². The Kier molecular flexibility index (Phi) is 3.13. The molecule has 0 aliphatic heterocycles. The molecule has 0 aromatic heterocycles. The Morgan fingerprint density at radius 3 is 2.38 bits per heavy atom. The quantitative estimate of drug-likeness (QED) is 0.560. The summed E-state index contributed by atoms with van der Waals surface area (Å²) < 4.78 is 0. The molecule has 0 spiro atoms. The lowest BCUT2D eigenvalue weighted by atomic mass is 9.98. The van der Waals surface area contributed by atoms with Gasteiger partial charge in [0.25, 0.3) is 0 Å². The van der Waals surface area contributed by atoms with Crippen molar-refractivity contribution in [2.75, 3.05) is 0 Å². The average molecular weight is 176 g/mol. The molecule has 1 unspecified atom stereocenters. The van der Waals surface area contributed by atoms with E-state index >= 15 is 0 Å². The lowest BCUT2D eigenvalue weighted by molar-refractivity contribution is 0.721. The standard InChI is InChI=1S/C13H20/c1-6-9(2)7-13-11(4)8-10(3)12(13)5/h6-7,11H,8H2,1-5H3/b9-6-,13-7+. The van der Waals surface area contributed by atoms with Gasteiger partial charge in [0.2, 0.25) is 0 Å². The third kappa shape index (κ3) is 2.12. The Morgan fingerprint density at radius 2 is 2.00 bits per heavy atom. The number of hydrogen-bond acceptors (Lipinski definition) is 0. The van der Waals surface area contributed by atoms with Gasteiger partial charge in [0, 0.05) is 0 Å². The van der Waals surface area contributed by atoms with Crippen LogP contribution in [-0.4, -0.2) is 0 Å². The van der Waals surface area contributed by atoms with Crippen LogP contribution in [0.1, 0.15) is 41.0 Å². The zero-order valence-electron chi connectivity index (χ0n) is 9.44. The van der Waals surface area contributed by atoms with E-state index in [2.05, 4.69) is 46.8 Å². The van der Waals surface area contributed by atoms with Gasteiger partial charge in [0.15, 0.2) is 0 Å². The Balaban J connectivity index is 2.99. The molecular formula is C13H20. The van der Waals surface area contributed by atoms with Crippen LogP contribution in [0.4, 0.5) is 0 Å². The highest BCUT2D eigenvalue weighted by Gasteiger charge is 2.20. The molecule has 0 heteroatoms. The van der Waals surface area contributed by atoms with Gasteiger partial charge in [-0.2, -0.15) is 0 Å². The Hall–Kier alpha value is -0.780. The molecule has 0 aromatic carbocycles. The summed E-state index contributed by atoms with van der Waals surface area (Å²) in [6, 6.07) is 0. The fourth-order valence-electron chi connectivity index (χ4n) is 1.92. The molecule has 1 rings (SSSR count). The number of hydrogen-bond donors (Lipinski definition) is 0. The molecular weight excluding hydrogens is 156 g/mol. The van der Waals surface area contributed by atoms with Crippen molar-refractivity contribution in [3.05, 3.63) is 34.4 Å². The van der Waals surface area contributed by atoms with E-state index in [1.807, 2.05) is 0 Å². The summed E-state index contributed by atoms with van der Waals surface area (Å²) in [5.41, 5.74) is 5.97. The molecule has 72 valence electrons. The Bertz CT molecular complexity index is 287. The van der Waals surface area contributed by atoms with Crippen LogP contribution in [0.2, 0.25) is 0 Å². The van der Waals surface area contributed by atoms with E-state index in [4.69, 9.17) is 0 Å². The molecule has 0 bridgehead atoms. The van der Waals surface area contributed by atoms with E-state index in [1.165, 1.54) is 23.1 Å². The smallest absolute Gasteiger partial charge is 0.0150 e. The highest BCUT2D eigenvalue weighted by Crippen LogP contribution is 2.36. The molecule has 1 aliphatic rings. The lowest BCUT2D eigenvalue weighted by Gasteiger charge is -2.07. The van der Waals surface area contributed by atoms with Gasteiger partial charge in [0.05, 0.1) is 0 Å². The van der Waals surface area contributed by atoms with E-state index in [9.17, 15) is 0 Å². The van der Waals surface area contributed by atoms with Gasteiger partial charge in [-0.1, -0.05) is 30.2 Å². The highest BCUT2D eigenvalue weighted by molar-refractivity contribution is 5.44. The van der Waals surface area contributed by atoms with Crippen LogP contribution in [0.25, 0.3) is 0 Å². The second kappa shape index (κ2) is 3.95. The van der Waals surface area contributed by atoms with Crippen LogP contribution in [-0.2, 0) is 0 Å². The minimum absolute atomic E-state index is 0.717. The third-order valence-electron chi connectivity index (χ3n) is 3.05. The highest BCUT2D eigenvalue weighted by atomic mass is 14.2. The molecule has 0 amide bonds.